The van der Waals surface area contributed by atoms with Crippen LogP contribution in [0.5, 0.6) is 0 Å². The van der Waals surface area contributed by atoms with Crippen LogP contribution in [-0.4, -0.2) is 37.2 Å². The van der Waals surface area contributed by atoms with E-state index in [0.717, 1.165) is 69.6 Å². The number of carbonyl (C=O) groups is 3. The minimum atomic E-state index is -0.761. The molecule has 0 unspecified atom stereocenters. The first kappa shape index (κ1) is 54.4. The summed E-state index contributed by atoms with van der Waals surface area (Å²) in [7, 11) is 0. The second-order valence-electron chi connectivity index (χ2n) is 18.1. The van der Waals surface area contributed by atoms with Crippen molar-refractivity contribution in [3.63, 3.8) is 0 Å². The Bertz CT molecular complexity index is 854. The van der Waals surface area contributed by atoms with Crippen LogP contribution in [0.4, 0.5) is 0 Å². The third-order valence-electron chi connectivity index (χ3n) is 11.2. The van der Waals surface area contributed by atoms with Gasteiger partial charge in [0.25, 0.3) is 0 Å². The fourth-order valence-electron chi connectivity index (χ4n) is 7.46. The lowest BCUT2D eigenvalue weighted by Crippen LogP contribution is -2.30. The van der Waals surface area contributed by atoms with Crippen molar-refractivity contribution >= 4 is 17.9 Å². The Morgan fingerprint density at radius 2 is 0.589 bits per heavy atom. The first-order chi connectivity index (χ1) is 27.2. The Morgan fingerprint density at radius 3 is 0.875 bits per heavy atom. The minimum absolute atomic E-state index is 0.0642. The summed E-state index contributed by atoms with van der Waals surface area (Å²) >= 11 is 0. The lowest BCUT2D eigenvalue weighted by molar-refractivity contribution is -0.167. The van der Waals surface area contributed by atoms with E-state index in [0.29, 0.717) is 19.3 Å². The predicted molar refractivity (Wildman–Crippen MR) is 238 cm³/mol. The average molecular weight is 793 g/mol. The zero-order chi connectivity index (χ0) is 41.2. The van der Waals surface area contributed by atoms with Gasteiger partial charge in [-0.3, -0.25) is 14.4 Å². The van der Waals surface area contributed by atoms with Crippen molar-refractivity contribution in [3.8, 4) is 0 Å². The zero-order valence-electron chi connectivity index (χ0n) is 38.3. The monoisotopic (exact) mass is 793 g/mol. The smallest absolute Gasteiger partial charge is 0.306 e. The summed E-state index contributed by atoms with van der Waals surface area (Å²) in [5, 5.41) is 0. The molecular weight excluding hydrogens is 697 g/mol. The third kappa shape index (κ3) is 43.5. The number of carbonyl (C=O) groups excluding carboxylic acids is 3. The maximum atomic E-state index is 12.8. The highest BCUT2D eigenvalue weighted by atomic mass is 16.6. The van der Waals surface area contributed by atoms with Crippen LogP contribution in [0.25, 0.3) is 0 Å². The molecule has 0 aromatic carbocycles. The molecule has 0 rings (SSSR count). The third-order valence-corrected chi connectivity index (χ3v) is 11.2. The molecule has 0 amide bonds. The van der Waals surface area contributed by atoms with Crippen molar-refractivity contribution in [2.24, 2.45) is 11.8 Å². The van der Waals surface area contributed by atoms with E-state index in [2.05, 4.69) is 34.6 Å². The number of unbranched alkanes of at least 4 members (excludes halogenated alkanes) is 29. The van der Waals surface area contributed by atoms with Crippen molar-refractivity contribution in [1.29, 1.82) is 0 Å². The molecule has 6 nitrogen and oxygen atoms in total. The normalized spacial score (nSPS) is 12.1. The Hall–Kier alpha value is -1.59. The minimum Gasteiger partial charge on any atom is -0.462 e. The molecule has 0 aliphatic carbocycles. The molecule has 0 N–H and O–H groups in total. The van der Waals surface area contributed by atoms with Gasteiger partial charge in [0, 0.05) is 19.3 Å². The maximum absolute atomic E-state index is 12.8. The molecule has 332 valence electrons. The van der Waals surface area contributed by atoms with E-state index in [1.54, 1.807) is 0 Å². The van der Waals surface area contributed by atoms with Crippen LogP contribution in [0.15, 0.2) is 0 Å². The van der Waals surface area contributed by atoms with Gasteiger partial charge in [-0.2, -0.15) is 0 Å². The van der Waals surface area contributed by atoms with Gasteiger partial charge in [-0.15, -0.1) is 0 Å². The van der Waals surface area contributed by atoms with Crippen molar-refractivity contribution in [2.75, 3.05) is 13.2 Å². The zero-order valence-corrected chi connectivity index (χ0v) is 38.3. The van der Waals surface area contributed by atoms with Gasteiger partial charge in [-0.1, -0.05) is 234 Å². The van der Waals surface area contributed by atoms with Crippen LogP contribution in [0, 0.1) is 11.8 Å². The van der Waals surface area contributed by atoms with Crippen molar-refractivity contribution in [3.05, 3.63) is 0 Å². The van der Waals surface area contributed by atoms with E-state index in [9.17, 15) is 14.4 Å². The second kappa shape index (κ2) is 43.0. The lowest BCUT2D eigenvalue weighted by Gasteiger charge is -2.18. The largest absolute Gasteiger partial charge is 0.462 e. The summed E-state index contributed by atoms with van der Waals surface area (Å²) in [4.78, 5) is 37.8. The average Bonchev–Trinajstić information content (AvgIpc) is 3.16. The van der Waals surface area contributed by atoms with E-state index >= 15 is 0 Å². The van der Waals surface area contributed by atoms with Gasteiger partial charge in [0.1, 0.15) is 13.2 Å². The molecule has 0 aliphatic rings. The van der Waals surface area contributed by atoms with Crippen LogP contribution in [0.3, 0.4) is 0 Å². The van der Waals surface area contributed by atoms with Crippen molar-refractivity contribution < 1.29 is 28.6 Å². The fourth-order valence-corrected chi connectivity index (χ4v) is 7.46. The van der Waals surface area contributed by atoms with Crippen molar-refractivity contribution in [1.82, 2.24) is 0 Å². The van der Waals surface area contributed by atoms with Gasteiger partial charge < -0.3 is 14.2 Å². The first-order valence-corrected chi connectivity index (χ1v) is 24.7. The number of rotatable bonds is 44. The van der Waals surface area contributed by atoms with E-state index in [4.69, 9.17) is 14.2 Å². The fraction of sp³-hybridized carbons (Fsp3) is 0.940. The molecular formula is C50H96O6. The quantitative estimate of drug-likeness (QED) is 0.0347. The molecule has 56 heavy (non-hydrogen) atoms. The SMILES string of the molecule is CCCCCCCCCCCCCC(=O)OC[C@H](COC(=O)CCCCCCCCCCCC(C)C)OC(=O)CCCCCCCCCCCCCCC(C)C. The van der Waals surface area contributed by atoms with E-state index in [1.165, 1.54) is 161 Å². The summed E-state index contributed by atoms with van der Waals surface area (Å²) in [6, 6.07) is 0. The molecule has 0 saturated carbocycles. The molecule has 0 fully saturated rings. The highest BCUT2D eigenvalue weighted by molar-refractivity contribution is 5.71. The number of hydrogen-bond donors (Lipinski definition) is 0. The Balaban J connectivity index is 4.32. The molecule has 0 spiro atoms. The Labute approximate surface area is 348 Å². The molecule has 0 radical (unpaired) electrons. The highest BCUT2D eigenvalue weighted by Crippen LogP contribution is 2.17. The number of hydrogen-bond acceptors (Lipinski definition) is 6. The van der Waals surface area contributed by atoms with Gasteiger partial charge in [0.15, 0.2) is 6.10 Å². The van der Waals surface area contributed by atoms with Crippen LogP contribution >= 0.6 is 0 Å². The van der Waals surface area contributed by atoms with Crippen LogP contribution in [0.2, 0.25) is 0 Å². The Morgan fingerprint density at radius 1 is 0.339 bits per heavy atom. The van der Waals surface area contributed by atoms with E-state index < -0.39 is 6.10 Å². The summed E-state index contributed by atoms with van der Waals surface area (Å²) in [6.45, 7) is 11.3. The summed E-state index contributed by atoms with van der Waals surface area (Å²) in [5.41, 5.74) is 0. The highest BCUT2D eigenvalue weighted by Gasteiger charge is 2.19. The number of ether oxygens (including phenoxy) is 3. The molecule has 0 heterocycles. The molecule has 0 aliphatic heterocycles. The predicted octanol–water partition coefficient (Wildman–Crippen LogP) is 15.8. The van der Waals surface area contributed by atoms with Crippen LogP contribution < -0.4 is 0 Å². The molecule has 0 aromatic rings. The van der Waals surface area contributed by atoms with Crippen LogP contribution in [-0.2, 0) is 28.6 Å². The molecule has 6 heteroatoms. The summed E-state index contributed by atoms with van der Waals surface area (Å²) in [5.74, 6) is 0.788. The molecule has 0 aromatic heterocycles. The topological polar surface area (TPSA) is 78.9 Å². The van der Waals surface area contributed by atoms with Crippen LogP contribution in [0.1, 0.15) is 272 Å². The van der Waals surface area contributed by atoms with E-state index in [1.807, 2.05) is 0 Å². The summed E-state index contributed by atoms with van der Waals surface area (Å²) in [6.07, 6.45) is 42.3. The lowest BCUT2D eigenvalue weighted by atomic mass is 10.0. The van der Waals surface area contributed by atoms with Crippen molar-refractivity contribution in [2.45, 2.75) is 278 Å². The van der Waals surface area contributed by atoms with Gasteiger partial charge in [0.05, 0.1) is 0 Å². The van der Waals surface area contributed by atoms with Gasteiger partial charge >= 0.3 is 17.9 Å². The van der Waals surface area contributed by atoms with E-state index in [-0.39, 0.29) is 31.1 Å². The maximum Gasteiger partial charge on any atom is 0.306 e. The van der Waals surface area contributed by atoms with Gasteiger partial charge in [-0.25, -0.2) is 0 Å². The molecule has 0 bridgehead atoms. The summed E-state index contributed by atoms with van der Waals surface area (Å²) < 4.78 is 16.8. The standard InChI is InChI=1S/C50H96O6/c1-6-7-8-9-10-11-14-20-25-30-35-40-48(51)54-43-47(44-55-49(52)41-36-31-26-22-17-19-24-29-34-39-46(4)5)56-50(53)42-37-32-27-21-16-13-12-15-18-23-28-33-38-45(2)3/h45-47H,6-44H2,1-5H3/t47-/m1/s1. The molecule has 0 saturated heterocycles. The second-order valence-corrected chi connectivity index (χ2v) is 18.1. The van der Waals surface area contributed by atoms with Gasteiger partial charge in [0.2, 0.25) is 0 Å². The van der Waals surface area contributed by atoms with Gasteiger partial charge in [-0.05, 0) is 31.1 Å². The molecule has 1 atom stereocenters. The first-order valence-electron chi connectivity index (χ1n) is 24.7. The number of esters is 3. The Kier molecular flexibility index (Phi) is 41.8.